The molecule has 20 heavy (non-hydrogen) atoms. The van der Waals surface area contributed by atoms with Gasteiger partial charge in [0.1, 0.15) is 5.76 Å². The fraction of sp³-hybridized carbons (Fsp3) is 0. The van der Waals surface area contributed by atoms with Gasteiger partial charge in [0.15, 0.2) is 3.77 Å². The molecule has 2 aromatic rings. The van der Waals surface area contributed by atoms with Gasteiger partial charge in [0.2, 0.25) is 0 Å². The van der Waals surface area contributed by atoms with Gasteiger partial charge in [-0.1, -0.05) is 23.7 Å². The highest BCUT2D eigenvalue weighted by atomic mass is 127. The Labute approximate surface area is 142 Å². The molecule has 2 N–H and O–H groups in total. The third-order valence-electron chi connectivity index (χ3n) is 2.14. The average Bonchev–Trinajstić information content (AvgIpc) is 2.71. The van der Waals surface area contributed by atoms with Gasteiger partial charge in [-0.25, -0.2) is 10.2 Å². The fourth-order valence-electron chi connectivity index (χ4n) is 1.29. The lowest BCUT2D eigenvalue weighted by Gasteiger charge is -2.05. The van der Waals surface area contributed by atoms with Crippen molar-refractivity contribution >= 4 is 68.1 Å². The van der Waals surface area contributed by atoms with Gasteiger partial charge in [0.25, 0.3) is 0 Å². The summed E-state index contributed by atoms with van der Waals surface area (Å²) in [6, 6.07) is 8.18. The summed E-state index contributed by atoms with van der Waals surface area (Å²) in [6.45, 7) is 0. The number of nitrogens with one attached hydrogen (secondary N) is 2. The maximum Gasteiger partial charge on any atom is 0.339 e. The van der Waals surface area contributed by atoms with E-state index in [1.807, 2.05) is 22.6 Å². The van der Waals surface area contributed by atoms with Gasteiger partial charge in [-0.15, -0.1) is 0 Å². The molecule has 0 saturated carbocycles. The molecule has 0 aliphatic rings. The third kappa shape index (κ3) is 4.22. The second-order valence-corrected chi connectivity index (χ2v) is 5.82. The molecule has 0 radical (unpaired) electrons. The van der Waals surface area contributed by atoms with Gasteiger partial charge in [0.05, 0.1) is 21.4 Å². The van der Waals surface area contributed by atoms with Crippen LogP contribution >= 0.6 is 50.1 Å². The predicted molar refractivity (Wildman–Crippen MR) is 90.3 cm³/mol. The minimum atomic E-state index is -0.491. The second-order valence-electron chi connectivity index (χ2n) is 3.57. The molecule has 0 aliphatic carbocycles. The van der Waals surface area contributed by atoms with Crippen LogP contribution in [0.2, 0.25) is 5.02 Å². The van der Waals surface area contributed by atoms with Crippen LogP contribution in [0.4, 0.5) is 10.5 Å². The molecule has 0 spiro atoms. The molecular formula is C12H8BrClIN3O2. The first-order valence-electron chi connectivity index (χ1n) is 5.35. The van der Waals surface area contributed by atoms with E-state index in [0.717, 1.165) is 4.47 Å². The summed E-state index contributed by atoms with van der Waals surface area (Å²) in [4.78, 5) is 11.6. The Kier molecular flexibility index (Phi) is 5.44. The van der Waals surface area contributed by atoms with Crippen LogP contribution < -0.4 is 10.7 Å². The number of hydrogen-bond donors (Lipinski definition) is 2. The summed E-state index contributed by atoms with van der Waals surface area (Å²) in [7, 11) is 0. The van der Waals surface area contributed by atoms with Crippen molar-refractivity contribution in [3.05, 3.63) is 49.4 Å². The van der Waals surface area contributed by atoms with Gasteiger partial charge < -0.3 is 9.73 Å². The van der Waals surface area contributed by atoms with E-state index in [4.69, 9.17) is 16.0 Å². The van der Waals surface area contributed by atoms with Crippen molar-refractivity contribution in [2.24, 2.45) is 5.10 Å². The molecule has 0 atom stereocenters. The Bertz CT molecular complexity index is 640. The Hall–Kier alpha value is -1.06. The number of para-hydroxylation sites is 1. The molecule has 0 bridgehead atoms. The number of furan rings is 1. The molecule has 0 fully saturated rings. The minimum absolute atomic E-state index is 0.455. The van der Waals surface area contributed by atoms with Gasteiger partial charge in [-0.2, -0.15) is 5.10 Å². The van der Waals surface area contributed by atoms with Crippen molar-refractivity contribution in [1.82, 2.24) is 5.43 Å². The van der Waals surface area contributed by atoms with Crippen LogP contribution in [0, 0.1) is 3.77 Å². The summed E-state index contributed by atoms with van der Waals surface area (Å²) >= 11 is 11.3. The van der Waals surface area contributed by atoms with Crippen LogP contribution in [-0.2, 0) is 0 Å². The maximum atomic E-state index is 11.6. The van der Waals surface area contributed by atoms with Crippen LogP contribution in [0.25, 0.3) is 0 Å². The van der Waals surface area contributed by atoms with E-state index >= 15 is 0 Å². The van der Waals surface area contributed by atoms with Crippen LogP contribution in [0.15, 0.2) is 44.3 Å². The summed E-state index contributed by atoms with van der Waals surface area (Å²) < 4.78 is 6.88. The molecule has 5 nitrogen and oxygen atoms in total. The number of nitrogens with zero attached hydrogens (tertiary/aromatic N) is 1. The minimum Gasteiger partial charge on any atom is -0.448 e. The zero-order chi connectivity index (χ0) is 14.5. The highest BCUT2D eigenvalue weighted by Gasteiger charge is 2.05. The molecule has 0 aliphatic heterocycles. The molecule has 2 amide bonds. The summed E-state index contributed by atoms with van der Waals surface area (Å²) in [5.74, 6) is 0.527. The van der Waals surface area contributed by atoms with Crippen molar-refractivity contribution < 1.29 is 9.21 Å². The topological polar surface area (TPSA) is 66.6 Å². The number of carbonyl (C=O) groups is 1. The number of amides is 2. The molecule has 0 unspecified atom stereocenters. The lowest BCUT2D eigenvalue weighted by atomic mass is 10.3. The number of anilines is 1. The molecule has 1 aromatic carbocycles. The number of rotatable bonds is 3. The van der Waals surface area contributed by atoms with E-state index in [0.29, 0.717) is 20.2 Å². The Morgan fingerprint density at radius 3 is 2.85 bits per heavy atom. The number of urea groups is 1. The van der Waals surface area contributed by atoms with E-state index < -0.39 is 6.03 Å². The van der Waals surface area contributed by atoms with Gasteiger partial charge in [0, 0.05) is 28.7 Å². The van der Waals surface area contributed by atoms with E-state index in [2.05, 4.69) is 31.8 Å². The Morgan fingerprint density at radius 1 is 1.45 bits per heavy atom. The summed E-state index contributed by atoms with van der Waals surface area (Å²) in [5, 5.41) is 6.80. The van der Waals surface area contributed by atoms with E-state index in [-0.39, 0.29) is 0 Å². The normalized spacial score (nSPS) is 10.8. The highest BCUT2D eigenvalue weighted by molar-refractivity contribution is 14.1. The van der Waals surface area contributed by atoms with E-state index in [9.17, 15) is 4.79 Å². The van der Waals surface area contributed by atoms with Crippen LogP contribution in [0.5, 0.6) is 0 Å². The van der Waals surface area contributed by atoms with Crippen LogP contribution in [-0.4, -0.2) is 12.2 Å². The number of halogens is 3. The first-order chi connectivity index (χ1) is 9.56. The number of carbonyl (C=O) groups excluding carboxylic acids is 1. The Morgan fingerprint density at radius 2 is 2.20 bits per heavy atom. The van der Waals surface area contributed by atoms with Crippen molar-refractivity contribution in [3.63, 3.8) is 0 Å². The van der Waals surface area contributed by atoms with Gasteiger partial charge in [-0.3, -0.25) is 0 Å². The van der Waals surface area contributed by atoms with E-state index in [1.54, 1.807) is 30.3 Å². The quantitative estimate of drug-likeness (QED) is 0.397. The van der Waals surface area contributed by atoms with Gasteiger partial charge in [-0.05, 0) is 28.1 Å². The third-order valence-corrected chi connectivity index (χ3v) is 4.61. The standard InChI is InChI=1S/C12H8BrClIN3O2/c13-8-5-7(20-11(8)15)6-16-18-12(19)17-10-4-2-1-3-9(10)14/h1-6H,(H2,17,18,19)/b16-6+. The lowest BCUT2D eigenvalue weighted by molar-refractivity contribution is 0.252. The van der Waals surface area contributed by atoms with Crippen molar-refractivity contribution in [3.8, 4) is 0 Å². The van der Waals surface area contributed by atoms with Crippen LogP contribution in [0.3, 0.4) is 0 Å². The number of benzene rings is 1. The first-order valence-corrected chi connectivity index (χ1v) is 7.60. The number of hydrazone groups is 1. The van der Waals surface area contributed by atoms with Crippen molar-refractivity contribution in [2.75, 3.05) is 5.32 Å². The van der Waals surface area contributed by atoms with Gasteiger partial charge >= 0.3 is 6.03 Å². The van der Waals surface area contributed by atoms with Crippen molar-refractivity contribution in [2.45, 2.75) is 0 Å². The van der Waals surface area contributed by atoms with Crippen LogP contribution in [0.1, 0.15) is 5.76 Å². The lowest BCUT2D eigenvalue weighted by Crippen LogP contribution is -2.24. The molecule has 1 aromatic heterocycles. The highest BCUT2D eigenvalue weighted by Crippen LogP contribution is 2.22. The molecule has 2 rings (SSSR count). The molecule has 1 heterocycles. The zero-order valence-corrected chi connectivity index (χ0v) is 14.4. The molecular weight excluding hydrogens is 460 g/mol. The van der Waals surface area contributed by atoms with Crippen molar-refractivity contribution in [1.29, 1.82) is 0 Å². The average molecular weight is 468 g/mol. The monoisotopic (exact) mass is 467 g/mol. The molecule has 8 heteroatoms. The smallest absolute Gasteiger partial charge is 0.339 e. The largest absolute Gasteiger partial charge is 0.448 e. The Balaban J connectivity index is 1.91. The van der Waals surface area contributed by atoms with E-state index in [1.165, 1.54) is 6.21 Å². The second kappa shape index (κ2) is 7.09. The fourth-order valence-corrected chi connectivity index (χ4v) is 2.19. The SMILES string of the molecule is O=C(N/N=C/c1cc(Br)c(I)o1)Nc1ccccc1Cl. The summed E-state index contributed by atoms with van der Waals surface area (Å²) in [6.07, 6.45) is 1.40. The number of hydrogen-bond acceptors (Lipinski definition) is 3. The maximum absolute atomic E-state index is 11.6. The molecule has 0 saturated heterocycles. The summed E-state index contributed by atoms with van der Waals surface area (Å²) in [5.41, 5.74) is 2.83. The molecule has 104 valence electrons. The zero-order valence-electron chi connectivity index (χ0n) is 9.86. The first kappa shape index (κ1) is 15.3. The predicted octanol–water partition coefficient (Wildman–Crippen LogP) is 4.46.